The van der Waals surface area contributed by atoms with Crippen molar-refractivity contribution >= 4 is 34.8 Å². The summed E-state index contributed by atoms with van der Waals surface area (Å²) in [7, 11) is 0. The molecule has 0 unspecified atom stereocenters. The Kier molecular flexibility index (Phi) is 6.71. The molecular formula is C24H30ClN3O2. The Hall–Kier alpha value is -2.53. The van der Waals surface area contributed by atoms with Crippen LogP contribution >= 0.6 is 11.6 Å². The average molecular weight is 428 g/mol. The highest BCUT2D eigenvalue weighted by Gasteiger charge is 2.22. The second kappa shape index (κ2) is 9.09. The molecule has 2 aromatic rings. The highest BCUT2D eigenvalue weighted by Crippen LogP contribution is 2.30. The van der Waals surface area contributed by atoms with E-state index < -0.39 is 0 Å². The van der Waals surface area contributed by atoms with E-state index in [1.165, 1.54) is 5.56 Å². The van der Waals surface area contributed by atoms with Crippen molar-refractivity contribution in [2.75, 3.05) is 36.4 Å². The summed E-state index contributed by atoms with van der Waals surface area (Å²) in [5, 5.41) is 3.51. The number of hydrogen-bond donors (Lipinski definition) is 1. The van der Waals surface area contributed by atoms with Gasteiger partial charge in [0, 0.05) is 43.9 Å². The number of carbonyl (C=O) groups excluding carboxylic acids is 2. The van der Waals surface area contributed by atoms with Gasteiger partial charge in [0.05, 0.1) is 10.7 Å². The number of piperazine rings is 1. The fraction of sp³-hybridized carbons (Fsp3) is 0.417. The summed E-state index contributed by atoms with van der Waals surface area (Å²) in [6.07, 6.45) is 0.536. The quantitative estimate of drug-likeness (QED) is 0.751. The molecule has 1 aliphatic rings. The summed E-state index contributed by atoms with van der Waals surface area (Å²) in [4.78, 5) is 28.5. The third-order valence-corrected chi connectivity index (χ3v) is 5.80. The number of anilines is 2. The number of amides is 2. The van der Waals surface area contributed by atoms with E-state index in [1.54, 1.807) is 6.07 Å². The molecule has 0 aromatic heterocycles. The van der Waals surface area contributed by atoms with Crippen molar-refractivity contribution in [3.8, 4) is 0 Å². The predicted molar refractivity (Wildman–Crippen MR) is 124 cm³/mol. The van der Waals surface area contributed by atoms with Gasteiger partial charge >= 0.3 is 0 Å². The highest BCUT2D eigenvalue weighted by molar-refractivity contribution is 6.33. The maximum Gasteiger partial charge on any atom is 0.255 e. The Morgan fingerprint density at radius 1 is 1.00 bits per heavy atom. The van der Waals surface area contributed by atoms with Crippen LogP contribution in [0, 0.1) is 0 Å². The topological polar surface area (TPSA) is 52.7 Å². The smallest absolute Gasteiger partial charge is 0.255 e. The second-order valence-corrected chi connectivity index (χ2v) is 9.08. The van der Waals surface area contributed by atoms with E-state index in [2.05, 4.69) is 31.0 Å². The van der Waals surface area contributed by atoms with Gasteiger partial charge in [-0.3, -0.25) is 9.59 Å². The fourth-order valence-electron chi connectivity index (χ4n) is 3.59. The second-order valence-electron chi connectivity index (χ2n) is 8.67. The molecule has 1 N–H and O–H groups in total. The van der Waals surface area contributed by atoms with Crippen molar-refractivity contribution < 1.29 is 9.59 Å². The molecule has 0 atom stereocenters. The van der Waals surface area contributed by atoms with Gasteiger partial charge in [0.25, 0.3) is 5.91 Å². The third-order valence-electron chi connectivity index (χ3n) is 5.49. The Morgan fingerprint density at radius 2 is 1.63 bits per heavy atom. The molecule has 160 valence electrons. The van der Waals surface area contributed by atoms with Crippen molar-refractivity contribution in [1.82, 2.24) is 4.90 Å². The molecule has 0 radical (unpaired) electrons. The Morgan fingerprint density at radius 3 is 2.17 bits per heavy atom. The van der Waals surface area contributed by atoms with E-state index in [0.717, 1.165) is 18.8 Å². The van der Waals surface area contributed by atoms with Crippen LogP contribution in [0.5, 0.6) is 0 Å². The Balaban J connectivity index is 1.64. The lowest BCUT2D eigenvalue weighted by atomic mass is 9.87. The summed E-state index contributed by atoms with van der Waals surface area (Å²) in [5.74, 6) is 0.0281. The first-order valence-corrected chi connectivity index (χ1v) is 10.8. The molecule has 2 aromatic carbocycles. The van der Waals surface area contributed by atoms with Gasteiger partial charge in [-0.25, -0.2) is 0 Å². The first-order chi connectivity index (χ1) is 14.2. The molecule has 0 bridgehead atoms. The lowest BCUT2D eigenvalue weighted by molar-refractivity contribution is -0.131. The van der Waals surface area contributed by atoms with Crippen molar-refractivity contribution in [2.24, 2.45) is 0 Å². The SMILES string of the molecule is CCC(=O)N1CCN(c2ccc(NC(=O)c3ccc(C(C)(C)C)cc3)cc2Cl)CC1. The largest absolute Gasteiger partial charge is 0.367 e. The number of benzene rings is 2. The number of rotatable bonds is 4. The lowest BCUT2D eigenvalue weighted by Crippen LogP contribution is -2.48. The van der Waals surface area contributed by atoms with E-state index in [4.69, 9.17) is 11.6 Å². The predicted octanol–water partition coefficient (Wildman–Crippen LogP) is 4.95. The van der Waals surface area contributed by atoms with E-state index in [0.29, 0.717) is 35.8 Å². The standard InChI is InChI=1S/C24H30ClN3O2/c1-5-22(29)28-14-12-27(13-15-28)21-11-10-19(16-20(21)25)26-23(30)17-6-8-18(9-7-17)24(2,3)4/h6-11,16H,5,12-15H2,1-4H3,(H,26,30). The van der Waals surface area contributed by atoms with Crippen LogP contribution in [0.25, 0.3) is 0 Å². The zero-order valence-corrected chi connectivity index (χ0v) is 18.9. The minimum Gasteiger partial charge on any atom is -0.367 e. The van der Waals surface area contributed by atoms with Gasteiger partial charge in [-0.2, -0.15) is 0 Å². The van der Waals surface area contributed by atoms with Crippen LogP contribution in [-0.2, 0) is 10.2 Å². The molecule has 1 heterocycles. The van der Waals surface area contributed by atoms with Gasteiger partial charge < -0.3 is 15.1 Å². The van der Waals surface area contributed by atoms with E-state index >= 15 is 0 Å². The first kappa shape index (κ1) is 22.2. The number of nitrogens with one attached hydrogen (secondary N) is 1. The molecule has 30 heavy (non-hydrogen) atoms. The van der Waals surface area contributed by atoms with Gasteiger partial charge in [-0.15, -0.1) is 0 Å². The van der Waals surface area contributed by atoms with Crippen LogP contribution in [-0.4, -0.2) is 42.9 Å². The zero-order valence-electron chi connectivity index (χ0n) is 18.2. The molecule has 1 aliphatic heterocycles. The van der Waals surface area contributed by atoms with Crippen molar-refractivity contribution in [3.63, 3.8) is 0 Å². The normalized spacial score (nSPS) is 14.6. The molecule has 0 aliphatic carbocycles. The lowest BCUT2D eigenvalue weighted by Gasteiger charge is -2.36. The van der Waals surface area contributed by atoms with E-state index in [9.17, 15) is 9.59 Å². The van der Waals surface area contributed by atoms with Crippen molar-refractivity contribution in [2.45, 2.75) is 39.5 Å². The number of halogens is 1. The van der Waals surface area contributed by atoms with Crippen LogP contribution < -0.4 is 10.2 Å². The third kappa shape index (κ3) is 5.14. The van der Waals surface area contributed by atoms with Crippen LogP contribution in [0.2, 0.25) is 5.02 Å². The van der Waals surface area contributed by atoms with Gasteiger partial charge in [-0.1, -0.05) is 51.4 Å². The fourth-order valence-corrected chi connectivity index (χ4v) is 3.89. The molecule has 2 amide bonds. The molecule has 0 saturated carbocycles. The van der Waals surface area contributed by atoms with Gasteiger partial charge in [-0.05, 0) is 41.3 Å². The van der Waals surface area contributed by atoms with Crippen LogP contribution in [0.4, 0.5) is 11.4 Å². The summed E-state index contributed by atoms with van der Waals surface area (Å²) >= 11 is 6.52. The molecular weight excluding hydrogens is 398 g/mol. The number of carbonyl (C=O) groups is 2. The molecule has 5 nitrogen and oxygen atoms in total. The first-order valence-electron chi connectivity index (χ1n) is 10.4. The maximum atomic E-state index is 12.6. The molecule has 1 fully saturated rings. The van der Waals surface area contributed by atoms with Crippen LogP contribution in [0.3, 0.4) is 0 Å². The van der Waals surface area contributed by atoms with Gasteiger partial charge in [0.15, 0.2) is 0 Å². The van der Waals surface area contributed by atoms with Gasteiger partial charge in [0.2, 0.25) is 5.91 Å². The minimum atomic E-state index is -0.161. The average Bonchev–Trinajstić information content (AvgIpc) is 2.73. The van der Waals surface area contributed by atoms with E-state index in [1.807, 2.05) is 48.2 Å². The van der Waals surface area contributed by atoms with Gasteiger partial charge in [0.1, 0.15) is 0 Å². The Labute approximate surface area is 184 Å². The summed E-state index contributed by atoms with van der Waals surface area (Å²) in [5.41, 5.74) is 3.43. The molecule has 0 spiro atoms. The number of hydrogen-bond acceptors (Lipinski definition) is 3. The molecule has 6 heteroatoms. The summed E-state index contributed by atoms with van der Waals surface area (Å²) in [6.45, 7) is 11.2. The monoisotopic (exact) mass is 427 g/mol. The van der Waals surface area contributed by atoms with Crippen molar-refractivity contribution in [3.05, 3.63) is 58.6 Å². The van der Waals surface area contributed by atoms with Crippen molar-refractivity contribution in [1.29, 1.82) is 0 Å². The minimum absolute atomic E-state index is 0.0493. The summed E-state index contributed by atoms with van der Waals surface area (Å²) < 4.78 is 0. The number of nitrogens with zero attached hydrogens (tertiary/aromatic N) is 2. The van der Waals surface area contributed by atoms with Crippen LogP contribution in [0.15, 0.2) is 42.5 Å². The highest BCUT2D eigenvalue weighted by atomic mass is 35.5. The maximum absolute atomic E-state index is 12.6. The van der Waals surface area contributed by atoms with E-state index in [-0.39, 0.29) is 17.2 Å². The molecule has 3 rings (SSSR count). The zero-order chi connectivity index (χ0) is 21.9. The summed E-state index contributed by atoms with van der Waals surface area (Å²) in [6, 6.07) is 13.3. The molecule has 1 saturated heterocycles. The Bertz CT molecular complexity index is 911. The van der Waals surface area contributed by atoms with Crippen LogP contribution in [0.1, 0.15) is 50.0 Å².